The summed E-state index contributed by atoms with van der Waals surface area (Å²) < 4.78 is 3.14. The molecule has 0 fully saturated rings. The van der Waals surface area contributed by atoms with Crippen molar-refractivity contribution in [3.8, 4) is 0 Å². The zero-order chi connectivity index (χ0) is 14.1. The lowest BCUT2D eigenvalue weighted by Crippen LogP contribution is -2.37. The number of aromatic nitrogens is 3. The molecule has 0 spiro atoms. The van der Waals surface area contributed by atoms with Crippen molar-refractivity contribution in [3.05, 3.63) is 33.0 Å². The van der Waals surface area contributed by atoms with E-state index in [1.165, 1.54) is 4.88 Å². The van der Waals surface area contributed by atoms with Gasteiger partial charge in [0.1, 0.15) is 11.6 Å². The summed E-state index contributed by atoms with van der Waals surface area (Å²) in [4.78, 5) is 1.29. The van der Waals surface area contributed by atoms with Crippen LogP contribution in [0.4, 0.5) is 0 Å². The van der Waals surface area contributed by atoms with Gasteiger partial charge in [0.25, 0.3) is 0 Å². The topological polar surface area (TPSA) is 42.7 Å². The van der Waals surface area contributed by atoms with E-state index in [1.807, 2.05) is 6.07 Å². The average Bonchev–Trinajstić information content (AvgIpc) is 3.01. The van der Waals surface area contributed by atoms with Crippen LogP contribution >= 0.6 is 22.9 Å². The molecule has 0 amide bonds. The second-order valence-electron chi connectivity index (χ2n) is 5.56. The summed E-state index contributed by atoms with van der Waals surface area (Å²) in [5.74, 6) is 2.66. The first-order chi connectivity index (χ1) is 9.63. The Morgan fingerprint density at radius 3 is 3.00 bits per heavy atom. The van der Waals surface area contributed by atoms with Crippen LogP contribution in [0.1, 0.15) is 42.7 Å². The second kappa shape index (κ2) is 5.84. The number of aryl methyl sites for hydroxylation is 1. The molecule has 1 atom stereocenters. The van der Waals surface area contributed by atoms with Gasteiger partial charge < -0.3 is 9.88 Å². The molecule has 0 aromatic carbocycles. The largest absolute Gasteiger partial charge is 0.313 e. The maximum absolute atomic E-state index is 5.96. The van der Waals surface area contributed by atoms with Crippen LogP contribution in [-0.4, -0.2) is 20.8 Å². The Labute approximate surface area is 128 Å². The van der Waals surface area contributed by atoms with Crippen molar-refractivity contribution >= 4 is 22.9 Å². The van der Waals surface area contributed by atoms with Gasteiger partial charge in [0.15, 0.2) is 0 Å². The Kier molecular flexibility index (Phi) is 4.10. The molecule has 1 aliphatic heterocycles. The summed E-state index contributed by atoms with van der Waals surface area (Å²) in [6.45, 7) is 6.19. The number of rotatable bonds is 4. The van der Waals surface area contributed by atoms with Crippen LogP contribution in [0.5, 0.6) is 0 Å². The molecule has 4 nitrogen and oxygen atoms in total. The molecule has 0 bridgehead atoms. The number of thiophene rings is 1. The molecule has 20 heavy (non-hydrogen) atoms. The van der Waals surface area contributed by atoms with E-state index in [0.717, 1.165) is 41.9 Å². The lowest BCUT2D eigenvalue weighted by atomic mass is 10.1. The van der Waals surface area contributed by atoms with Crippen LogP contribution in [-0.2, 0) is 19.5 Å². The molecule has 0 saturated heterocycles. The van der Waals surface area contributed by atoms with Crippen LogP contribution in [0.3, 0.4) is 0 Å². The SMILES string of the molecule is CC(C)c1nnc2n1C[C@H](NCc1ccc(Cl)s1)CC2. The average molecular weight is 311 g/mol. The van der Waals surface area contributed by atoms with Crippen LogP contribution in [0, 0.1) is 0 Å². The summed E-state index contributed by atoms with van der Waals surface area (Å²) in [6.07, 6.45) is 2.12. The van der Waals surface area contributed by atoms with E-state index in [4.69, 9.17) is 11.6 Å². The van der Waals surface area contributed by atoms with E-state index in [0.29, 0.717) is 12.0 Å². The van der Waals surface area contributed by atoms with Gasteiger partial charge in [-0.05, 0) is 18.6 Å². The quantitative estimate of drug-likeness (QED) is 0.943. The van der Waals surface area contributed by atoms with Crippen LogP contribution < -0.4 is 5.32 Å². The highest BCUT2D eigenvalue weighted by molar-refractivity contribution is 7.16. The monoisotopic (exact) mass is 310 g/mol. The molecule has 1 aliphatic rings. The van der Waals surface area contributed by atoms with Crippen molar-refractivity contribution in [2.75, 3.05) is 0 Å². The molecular formula is C14H19ClN4S. The van der Waals surface area contributed by atoms with Gasteiger partial charge in [0.05, 0.1) is 4.34 Å². The Morgan fingerprint density at radius 2 is 2.30 bits per heavy atom. The van der Waals surface area contributed by atoms with Crippen molar-refractivity contribution in [2.45, 2.75) is 51.7 Å². The number of hydrogen-bond acceptors (Lipinski definition) is 4. The Balaban J connectivity index is 1.64. The van der Waals surface area contributed by atoms with Crippen molar-refractivity contribution in [1.29, 1.82) is 0 Å². The van der Waals surface area contributed by atoms with E-state index >= 15 is 0 Å². The zero-order valence-electron chi connectivity index (χ0n) is 11.8. The van der Waals surface area contributed by atoms with Crippen molar-refractivity contribution in [3.63, 3.8) is 0 Å². The highest BCUT2D eigenvalue weighted by atomic mass is 35.5. The Hall–Kier alpha value is -0.910. The minimum absolute atomic E-state index is 0.422. The van der Waals surface area contributed by atoms with E-state index in [-0.39, 0.29) is 0 Å². The van der Waals surface area contributed by atoms with Gasteiger partial charge in [0.2, 0.25) is 0 Å². The fourth-order valence-corrected chi connectivity index (χ4v) is 3.67. The summed E-state index contributed by atoms with van der Waals surface area (Å²) in [5, 5.41) is 12.3. The number of hydrogen-bond donors (Lipinski definition) is 1. The standard InChI is InChI=1S/C14H19ClN4S/c1-9(2)14-18-17-13-6-3-10(8-19(13)14)16-7-11-4-5-12(15)20-11/h4-5,9-10,16H,3,6-8H2,1-2H3/t10-/m1/s1. The predicted octanol–water partition coefficient (Wildman–Crippen LogP) is 3.22. The molecule has 6 heteroatoms. The number of nitrogens with zero attached hydrogens (tertiary/aromatic N) is 3. The smallest absolute Gasteiger partial charge is 0.135 e. The van der Waals surface area contributed by atoms with Gasteiger partial charge in [-0.25, -0.2) is 0 Å². The molecule has 2 aromatic rings. The highest BCUT2D eigenvalue weighted by Gasteiger charge is 2.23. The normalized spacial score (nSPS) is 18.5. The van der Waals surface area contributed by atoms with Crippen LogP contribution in [0.25, 0.3) is 0 Å². The maximum atomic E-state index is 5.96. The van der Waals surface area contributed by atoms with Gasteiger partial charge in [-0.3, -0.25) is 0 Å². The molecule has 2 aromatic heterocycles. The summed E-state index contributed by atoms with van der Waals surface area (Å²) in [6, 6.07) is 4.53. The molecule has 0 aliphatic carbocycles. The van der Waals surface area contributed by atoms with E-state index < -0.39 is 0 Å². The number of fused-ring (bicyclic) bond motifs is 1. The Morgan fingerprint density at radius 1 is 1.45 bits per heavy atom. The summed E-state index contributed by atoms with van der Waals surface area (Å²) >= 11 is 7.60. The van der Waals surface area contributed by atoms with E-state index in [1.54, 1.807) is 11.3 Å². The summed E-state index contributed by atoms with van der Waals surface area (Å²) in [5.41, 5.74) is 0. The molecule has 108 valence electrons. The third-order valence-corrected chi connectivity index (χ3v) is 4.92. The van der Waals surface area contributed by atoms with Crippen LogP contribution in [0.2, 0.25) is 4.34 Å². The Bertz CT molecular complexity index is 590. The molecule has 3 heterocycles. The fraction of sp³-hybridized carbons (Fsp3) is 0.571. The third kappa shape index (κ3) is 2.90. The van der Waals surface area contributed by atoms with Gasteiger partial charge in [-0.2, -0.15) is 0 Å². The second-order valence-corrected chi connectivity index (χ2v) is 7.36. The minimum atomic E-state index is 0.422. The molecule has 1 N–H and O–H groups in total. The van der Waals surface area contributed by atoms with Gasteiger partial charge >= 0.3 is 0 Å². The van der Waals surface area contributed by atoms with Crippen molar-refractivity contribution in [1.82, 2.24) is 20.1 Å². The molecule has 0 saturated carbocycles. The lowest BCUT2D eigenvalue weighted by Gasteiger charge is -2.25. The van der Waals surface area contributed by atoms with Crippen molar-refractivity contribution in [2.24, 2.45) is 0 Å². The predicted molar refractivity (Wildman–Crippen MR) is 82.4 cm³/mol. The molecule has 3 rings (SSSR count). The highest BCUT2D eigenvalue weighted by Crippen LogP contribution is 2.23. The summed E-state index contributed by atoms with van der Waals surface area (Å²) in [7, 11) is 0. The first kappa shape index (κ1) is 14.0. The lowest BCUT2D eigenvalue weighted by molar-refractivity contribution is 0.371. The number of halogens is 1. The van der Waals surface area contributed by atoms with E-state index in [2.05, 4.69) is 40.0 Å². The molecule has 0 unspecified atom stereocenters. The first-order valence-corrected chi connectivity index (χ1v) is 8.22. The van der Waals surface area contributed by atoms with E-state index in [9.17, 15) is 0 Å². The molecular weight excluding hydrogens is 292 g/mol. The fourth-order valence-electron chi connectivity index (χ4n) is 2.63. The zero-order valence-corrected chi connectivity index (χ0v) is 13.3. The first-order valence-electron chi connectivity index (χ1n) is 7.03. The van der Waals surface area contributed by atoms with Crippen LogP contribution in [0.15, 0.2) is 12.1 Å². The van der Waals surface area contributed by atoms with Gasteiger partial charge in [0, 0.05) is 36.3 Å². The molecule has 0 radical (unpaired) electrons. The van der Waals surface area contributed by atoms with Crippen molar-refractivity contribution < 1.29 is 0 Å². The third-order valence-electron chi connectivity index (χ3n) is 3.69. The number of nitrogens with one attached hydrogen (secondary N) is 1. The van der Waals surface area contributed by atoms with Gasteiger partial charge in [-0.1, -0.05) is 25.4 Å². The van der Waals surface area contributed by atoms with Gasteiger partial charge in [-0.15, -0.1) is 21.5 Å². The maximum Gasteiger partial charge on any atom is 0.135 e. The minimum Gasteiger partial charge on any atom is -0.313 e.